The number of carbonyl (C=O) groups excluding carboxylic acids is 1. The predicted molar refractivity (Wildman–Crippen MR) is 112 cm³/mol. The number of rotatable bonds is 6. The predicted octanol–water partition coefficient (Wildman–Crippen LogP) is 3.12. The summed E-state index contributed by atoms with van der Waals surface area (Å²) >= 11 is 0. The quantitative estimate of drug-likeness (QED) is 0.551. The second-order valence-corrected chi connectivity index (χ2v) is 7.36. The lowest BCUT2D eigenvalue weighted by Gasteiger charge is -2.14. The van der Waals surface area contributed by atoms with E-state index in [1.165, 1.54) is 5.56 Å². The maximum atomic E-state index is 12.6. The normalized spacial score (nSPS) is 12.2. The fourth-order valence-corrected chi connectivity index (χ4v) is 3.56. The van der Waals surface area contributed by atoms with Gasteiger partial charge in [-0.05, 0) is 44.0 Å². The van der Waals surface area contributed by atoms with Crippen molar-refractivity contribution in [3.05, 3.63) is 66.2 Å². The highest BCUT2D eigenvalue weighted by molar-refractivity contribution is 5.95. The van der Waals surface area contributed by atoms with Gasteiger partial charge in [-0.25, -0.2) is 9.67 Å². The van der Waals surface area contributed by atoms with Crippen LogP contribution in [0.5, 0.6) is 0 Å². The fraction of sp³-hybridized carbons (Fsp3) is 0.273. The van der Waals surface area contributed by atoms with Crippen molar-refractivity contribution in [2.75, 3.05) is 0 Å². The molecule has 3 heterocycles. The molecule has 0 saturated carbocycles. The van der Waals surface area contributed by atoms with E-state index in [4.69, 9.17) is 0 Å². The second kappa shape index (κ2) is 7.87. The summed E-state index contributed by atoms with van der Waals surface area (Å²) in [6.45, 7) is 6.73. The summed E-state index contributed by atoms with van der Waals surface area (Å²) in [6.07, 6.45) is 5.38. The average molecular weight is 388 g/mol. The second-order valence-electron chi connectivity index (χ2n) is 7.36. The third kappa shape index (κ3) is 4.03. The van der Waals surface area contributed by atoms with E-state index in [2.05, 4.69) is 51.7 Å². The molecule has 0 radical (unpaired) electrons. The number of nitrogens with zero attached hydrogens (tertiary/aromatic N) is 5. The largest absolute Gasteiger partial charge is 0.350 e. The van der Waals surface area contributed by atoms with Crippen molar-refractivity contribution in [3.8, 4) is 11.1 Å². The van der Waals surface area contributed by atoms with Crippen LogP contribution in [0.15, 0.2) is 55.0 Å². The highest BCUT2D eigenvalue weighted by Crippen LogP contribution is 2.29. The van der Waals surface area contributed by atoms with Crippen LogP contribution in [0.2, 0.25) is 0 Å². The SMILES string of the molecule is Cc1ccc(-c2ccnc3c2c(C)nn3CC(=O)NC(C)Cn2cccn2)cc1. The van der Waals surface area contributed by atoms with Gasteiger partial charge in [0.05, 0.1) is 12.2 Å². The Morgan fingerprint density at radius 3 is 2.66 bits per heavy atom. The van der Waals surface area contributed by atoms with E-state index in [9.17, 15) is 4.79 Å². The number of hydrogen-bond donors (Lipinski definition) is 1. The molecule has 0 bridgehead atoms. The zero-order valence-corrected chi connectivity index (χ0v) is 16.8. The van der Waals surface area contributed by atoms with Gasteiger partial charge in [-0.15, -0.1) is 0 Å². The van der Waals surface area contributed by atoms with Crippen LogP contribution in [0.25, 0.3) is 22.2 Å². The first-order chi connectivity index (χ1) is 14.0. The molecule has 0 spiro atoms. The van der Waals surface area contributed by atoms with Crippen LogP contribution in [0.1, 0.15) is 18.2 Å². The molecule has 1 atom stereocenters. The van der Waals surface area contributed by atoms with Crippen LogP contribution < -0.4 is 5.32 Å². The van der Waals surface area contributed by atoms with Gasteiger partial charge in [-0.1, -0.05) is 29.8 Å². The molecule has 148 valence electrons. The minimum Gasteiger partial charge on any atom is -0.350 e. The molecule has 3 aromatic heterocycles. The van der Waals surface area contributed by atoms with Crippen LogP contribution in [-0.2, 0) is 17.9 Å². The summed E-state index contributed by atoms with van der Waals surface area (Å²) < 4.78 is 3.48. The number of hydrogen-bond acceptors (Lipinski definition) is 4. The first kappa shape index (κ1) is 18.9. The van der Waals surface area contributed by atoms with Crippen molar-refractivity contribution >= 4 is 16.9 Å². The van der Waals surface area contributed by atoms with E-state index in [1.54, 1.807) is 21.8 Å². The van der Waals surface area contributed by atoms with Gasteiger partial charge in [0, 0.05) is 30.0 Å². The van der Waals surface area contributed by atoms with Crippen LogP contribution in [0.3, 0.4) is 0 Å². The van der Waals surface area contributed by atoms with Gasteiger partial charge in [0.15, 0.2) is 5.65 Å². The van der Waals surface area contributed by atoms with Crippen LogP contribution in [0.4, 0.5) is 0 Å². The summed E-state index contributed by atoms with van der Waals surface area (Å²) in [5, 5.41) is 12.8. The van der Waals surface area contributed by atoms with Gasteiger partial charge < -0.3 is 5.32 Å². The Kier molecular flexibility index (Phi) is 5.12. The molecule has 1 amide bonds. The molecule has 4 rings (SSSR count). The number of fused-ring (bicyclic) bond motifs is 1. The van der Waals surface area contributed by atoms with E-state index in [0.29, 0.717) is 6.54 Å². The number of benzene rings is 1. The molecule has 4 aromatic rings. The van der Waals surface area contributed by atoms with Gasteiger partial charge in [-0.3, -0.25) is 9.48 Å². The van der Waals surface area contributed by atoms with E-state index >= 15 is 0 Å². The van der Waals surface area contributed by atoms with Crippen LogP contribution in [-0.4, -0.2) is 36.5 Å². The number of nitrogens with one attached hydrogen (secondary N) is 1. The summed E-state index contributed by atoms with van der Waals surface area (Å²) in [5.74, 6) is -0.100. The lowest BCUT2D eigenvalue weighted by atomic mass is 10.0. The van der Waals surface area contributed by atoms with Gasteiger partial charge in [0.2, 0.25) is 5.91 Å². The van der Waals surface area contributed by atoms with Gasteiger partial charge in [0.25, 0.3) is 0 Å². The molecule has 1 aromatic carbocycles. The number of pyridine rings is 1. The van der Waals surface area contributed by atoms with Crippen molar-refractivity contribution in [2.24, 2.45) is 0 Å². The van der Waals surface area contributed by atoms with E-state index in [1.807, 2.05) is 32.2 Å². The molecule has 0 fully saturated rings. The standard InChI is InChI=1S/C22H24N6O/c1-15-5-7-18(8-6-15)19-9-11-23-22-21(19)17(3)26-28(22)14-20(29)25-16(2)13-27-12-4-10-24-27/h4-12,16H,13-14H2,1-3H3,(H,25,29). The highest BCUT2D eigenvalue weighted by atomic mass is 16.2. The Labute approximate surface area is 169 Å². The van der Waals surface area contributed by atoms with E-state index < -0.39 is 0 Å². The molecule has 7 nitrogen and oxygen atoms in total. The van der Waals surface area contributed by atoms with Gasteiger partial charge in [0.1, 0.15) is 6.54 Å². The number of carbonyl (C=O) groups is 1. The lowest BCUT2D eigenvalue weighted by molar-refractivity contribution is -0.122. The van der Waals surface area contributed by atoms with Crippen molar-refractivity contribution in [1.29, 1.82) is 0 Å². The fourth-order valence-electron chi connectivity index (χ4n) is 3.56. The van der Waals surface area contributed by atoms with Crippen molar-refractivity contribution in [1.82, 2.24) is 29.9 Å². The van der Waals surface area contributed by atoms with E-state index in [-0.39, 0.29) is 18.5 Å². The van der Waals surface area contributed by atoms with Crippen molar-refractivity contribution < 1.29 is 4.79 Å². The average Bonchev–Trinajstić information content (AvgIpc) is 3.30. The van der Waals surface area contributed by atoms with Crippen molar-refractivity contribution in [2.45, 2.75) is 39.9 Å². The molecule has 0 saturated heterocycles. The molecule has 1 unspecified atom stereocenters. The molecule has 0 aliphatic heterocycles. The van der Waals surface area contributed by atoms with Gasteiger partial charge in [-0.2, -0.15) is 10.2 Å². The van der Waals surface area contributed by atoms with Gasteiger partial charge >= 0.3 is 0 Å². The Hall–Kier alpha value is -3.48. The third-order valence-corrected chi connectivity index (χ3v) is 4.89. The zero-order chi connectivity index (χ0) is 20.4. The first-order valence-electron chi connectivity index (χ1n) is 9.67. The Balaban J connectivity index is 1.56. The molecular formula is C22H24N6O. The van der Waals surface area contributed by atoms with Crippen molar-refractivity contribution in [3.63, 3.8) is 0 Å². The molecule has 29 heavy (non-hydrogen) atoms. The number of amides is 1. The molecule has 0 aliphatic rings. The molecular weight excluding hydrogens is 364 g/mol. The molecule has 0 aliphatic carbocycles. The summed E-state index contributed by atoms with van der Waals surface area (Å²) in [7, 11) is 0. The number of aromatic nitrogens is 5. The first-order valence-corrected chi connectivity index (χ1v) is 9.67. The number of aryl methyl sites for hydroxylation is 2. The van der Waals surface area contributed by atoms with Crippen LogP contribution in [0, 0.1) is 13.8 Å². The summed E-state index contributed by atoms with van der Waals surface area (Å²) in [6, 6.07) is 12.2. The monoisotopic (exact) mass is 388 g/mol. The molecule has 7 heteroatoms. The maximum Gasteiger partial charge on any atom is 0.242 e. The Bertz CT molecular complexity index is 1130. The maximum absolute atomic E-state index is 12.6. The smallest absolute Gasteiger partial charge is 0.242 e. The highest BCUT2D eigenvalue weighted by Gasteiger charge is 2.17. The topological polar surface area (TPSA) is 77.6 Å². The van der Waals surface area contributed by atoms with E-state index in [0.717, 1.165) is 27.9 Å². The lowest BCUT2D eigenvalue weighted by Crippen LogP contribution is -2.38. The summed E-state index contributed by atoms with van der Waals surface area (Å²) in [4.78, 5) is 17.1. The minimum atomic E-state index is -0.100. The zero-order valence-electron chi connectivity index (χ0n) is 16.8. The minimum absolute atomic E-state index is 0.0404. The summed E-state index contributed by atoms with van der Waals surface area (Å²) in [5.41, 5.74) is 4.98. The molecule has 1 N–H and O–H groups in total. The third-order valence-electron chi connectivity index (χ3n) is 4.89. The Morgan fingerprint density at radius 1 is 1.14 bits per heavy atom. The Morgan fingerprint density at radius 2 is 1.93 bits per heavy atom. The van der Waals surface area contributed by atoms with Crippen LogP contribution >= 0.6 is 0 Å².